The van der Waals surface area contributed by atoms with Crippen molar-refractivity contribution in [3.8, 4) is 6.07 Å². The van der Waals surface area contributed by atoms with Gasteiger partial charge in [-0.15, -0.1) is 0 Å². The van der Waals surface area contributed by atoms with E-state index in [0.717, 1.165) is 12.5 Å². The van der Waals surface area contributed by atoms with Crippen LogP contribution in [0.15, 0.2) is 0 Å². The van der Waals surface area contributed by atoms with E-state index >= 15 is 0 Å². The minimum atomic E-state index is -0.549. The summed E-state index contributed by atoms with van der Waals surface area (Å²) in [7, 11) is 0. The SMILES string of the molecule is CC(C)NC(C)(C#N)COCC1CCCC1. The number of ether oxygens (including phenoxy) is 1. The standard InChI is InChI=1S/C13H24N2O/c1-11(2)15-13(3,9-14)10-16-8-12-6-4-5-7-12/h11-12,15H,4-8,10H2,1-3H3. The van der Waals surface area contributed by atoms with Crippen molar-refractivity contribution in [2.75, 3.05) is 13.2 Å². The molecule has 3 heteroatoms. The molecule has 0 saturated heterocycles. The third-order valence-electron chi connectivity index (χ3n) is 3.07. The fraction of sp³-hybridized carbons (Fsp3) is 0.923. The van der Waals surface area contributed by atoms with Gasteiger partial charge in [0.1, 0.15) is 5.54 Å². The quantitative estimate of drug-likeness (QED) is 0.754. The molecule has 0 aliphatic heterocycles. The lowest BCUT2D eigenvalue weighted by Gasteiger charge is -2.26. The number of nitriles is 1. The van der Waals surface area contributed by atoms with Crippen LogP contribution in [0.1, 0.15) is 46.5 Å². The maximum Gasteiger partial charge on any atom is 0.127 e. The predicted octanol–water partition coefficient (Wildman–Crippen LogP) is 2.47. The maximum atomic E-state index is 9.13. The summed E-state index contributed by atoms with van der Waals surface area (Å²) in [6.45, 7) is 7.30. The highest BCUT2D eigenvalue weighted by molar-refractivity contribution is 5.04. The van der Waals surface area contributed by atoms with Crippen molar-refractivity contribution in [3.05, 3.63) is 0 Å². The smallest absolute Gasteiger partial charge is 0.127 e. The Bertz CT molecular complexity index is 241. The van der Waals surface area contributed by atoms with Crippen LogP contribution in [0, 0.1) is 17.2 Å². The molecule has 16 heavy (non-hydrogen) atoms. The van der Waals surface area contributed by atoms with E-state index in [4.69, 9.17) is 10.00 Å². The molecule has 0 bridgehead atoms. The highest BCUT2D eigenvalue weighted by Gasteiger charge is 2.25. The second kappa shape index (κ2) is 6.22. The lowest BCUT2D eigenvalue weighted by atomic mass is 10.0. The Morgan fingerprint density at radius 3 is 2.56 bits per heavy atom. The lowest BCUT2D eigenvalue weighted by molar-refractivity contribution is 0.0674. The molecule has 1 N–H and O–H groups in total. The van der Waals surface area contributed by atoms with Gasteiger partial charge in [-0.2, -0.15) is 5.26 Å². The average Bonchev–Trinajstić information content (AvgIpc) is 2.69. The van der Waals surface area contributed by atoms with Gasteiger partial charge in [0, 0.05) is 12.6 Å². The van der Waals surface area contributed by atoms with E-state index in [1.165, 1.54) is 25.7 Å². The van der Waals surface area contributed by atoms with Crippen LogP contribution in [0.4, 0.5) is 0 Å². The van der Waals surface area contributed by atoms with Crippen molar-refractivity contribution in [2.45, 2.75) is 58.0 Å². The van der Waals surface area contributed by atoms with Crippen molar-refractivity contribution in [1.82, 2.24) is 5.32 Å². The van der Waals surface area contributed by atoms with Crippen molar-refractivity contribution < 1.29 is 4.74 Å². The zero-order valence-electron chi connectivity index (χ0n) is 10.8. The summed E-state index contributed by atoms with van der Waals surface area (Å²) in [5.41, 5.74) is -0.549. The highest BCUT2D eigenvalue weighted by Crippen LogP contribution is 2.24. The van der Waals surface area contributed by atoms with Crippen LogP contribution in [0.5, 0.6) is 0 Å². The molecule has 1 rings (SSSR count). The van der Waals surface area contributed by atoms with Crippen molar-refractivity contribution in [3.63, 3.8) is 0 Å². The molecule has 0 amide bonds. The first-order chi connectivity index (χ1) is 7.56. The summed E-state index contributed by atoms with van der Waals surface area (Å²) in [5, 5.41) is 12.4. The molecule has 0 spiro atoms. The Labute approximate surface area is 99.2 Å². The first kappa shape index (κ1) is 13.5. The molecule has 1 aliphatic carbocycles. The topological polar surface area (TPSA) is 45.0 Å². The molecule has 1 atom stereocenters. The molecule has 0 aromatic heterocycles. The zero-order chi connectivity index (χ0) is 12.0. The molecular formula is C13H24N2O. The van der Waals surface area contributed by atoms with Gasteiger partial charge in [-0.25, -0.2) is 0 Å². The van der Waals surface area contributed by atoms with Crippen LogP contribution in [-0.2, 0) is 4.74 Å². The van der Waals surface area contributed by atoms with E-state index in [9.17, 15) is 0 Å². The number of hydrogen-bond acceptors (Lipinski definition) is 3. The summed E-state index contributed by atoms with van der Waals surface area (Å²) in [4.78, 5) is 0. The van der Waals surface area contributed by atoms with Gasteiger partial charge in [-0.1, -0.05) is 12.8 Å². The summed E-state index contributed by atoms with van der Waals surface area (Å²) in [6, 6.07) is 2.60. The van der Waals surface area contributed by atoms with Gasteiger partial charge >= 0.3 is 0 Å². The highest BCUT2D eigenvalue weighted by atomic mass is 16.5. The minimum Gasteiger partial charge on any atom is -0.378 e. The van der Waals surface area contributed by atoms with Crippen LogP contribution in [0.2, 0.25) is 0 Å². The van der Waals surface area contributed by atoms with Gasteiger partial charge in [0.25, 0.3) is 0 Å². The monoisotopic (exact) mass is 224 g/mol. The fourth-order valence-electron chi connectivity index (χ4n) is 2.35. The average molecular weight is 224 g/mol. The van der Waals surface area contributed by atoms with Crippen LogP contribution in [0.25, 0.3) is 0 Å². The third kappa shape index (κ3) is 4.51. The molecule has 0 radical (unpaired) electrons. The van der Waals surface area contributed by atoms with E-state index in [-0.39, 0.29) is 0 Å². The zero-order valence-corrected chi connectivity index (χ0v) is 10.8. The Morgan fingerprint density at radius 1 is 1.44 bits per heavy atom. The van der Waals surface area contributed by atoms with Crippen molar-refractivity contribution >= 4 is 0 Å². The van der Waals surface area contributed by atoms with E-state index in [0.29, 0.717) is 12.6 Å². The normalized spacial score (nSPS) is 20.9. The molecule has 92 valence electrons. The second-order valence-corrected chi connectivity index (χ2v) is 5.41. The van der Waals surface area contributed by atoms with Crippen LogP contribution in [0.3, 0.4) is 0 Å². The number of hydrogen-bond donors (Lipinski definition) is 1. The maximum absolute atomic E-state index is 9.13. The summed E-state index contributed by atoms with van der Waals surface area (Å²) >= 11 is 0. The van der Waals surface area contributed by atoms with Gasteiger partial charge in [0.2, 0.25) is 0 Å². The van der Waals surface area contributed by atoms with Gasteiger partial charge in [0.15, 0.2) is 0 Å². The Hall–Kier alpha value is -0.590. The summed E-state index contributed by atoms with van der Waals surface area (Å²) in [5.74, 6) is 0.724. The van der Waals surface area contributed by atoms with Gasteiger partial charge < -0.3 is 4.74 Å². The van der Waals surface area contributed by atoms with E-state index in [1.54, 1.807) is 0 Å². The molecular weight excluding hydrogens is 200 g/mol. The molecule has 1 aliphatic rings. The second-order valence-electron chi connectivity index (χ2n) is 5.41. The minimum absolute atomic E-state index is 0.305. The number of nitrogens with one attached hydrogen (secondary N) is 1. The van der Waals surface area contributed by atoms with Gasteiger partial charge in [-0.05, 0) is 39.5 Å². The van der Waals surface area contributed by atoms with Crippen LogP contribution < -0.4 is 5.32 Å². The van der Waals surface area contributed by atoms with E-state index in [2.05, 4.69) is 11.4 Å². The van der Waals surface area contributed by atoms with Crippen LogP contribution in [-0.4, -0.2) is 24.8 Å². The van der Waals surface area contributed by atoms with E-state index in [1.807, 2.05) is 20.8 Å². The Morgan fingerprint density at radius 2 is 2.06 bits per heavy atom. The molecule has 1 saturated carbocycles. The summed E-state index contributed by atoms with van der Waals surface area (Å²) < 4.78 is 5.69. The Balaban J connectivity index is 2.25. The van der Waals surface area contributed by atoms with Gasteiger partial charge in [-0.3, -0.25) is 5.32 Å². The number of nitrogens with zero attached hydrogens (tertiary/aromatic N) is 1. The van der Waals surface area contributed by atoms with Crippen molar-refractivity contribution in [1.29, 1.82) is 5.26 Å². The van der Waals surface area contributed by atoms with Crippen LogP contribution >= 0.6 is 0 Å². The largest absolute Gasteiger partial charge is 0.378 e. The fourth-order valence-corrected chi connectivity index (χ4v) is 2.35. The van der Waals surface area contributed by atoms with Crippen molar-refractivity contribution in [2.24, 2.45) is 5.92 Å². The first-order valence-electron chi connectivity index (χ1n) is 6.32. The number of rotatable bonds is 6. The third-order valence-corrected chi connectivity index (χ3v) is 3.07. The Kier molecular flexibility index (Phi) is 5.24. The predicted molar refractivity (Wildman–Crippen MR) is 65.1 cm³/mol. The molecule has 0 aromatic carbocycles. The first-order valence-corrected chi connectivity index (χ1v) is 6.32. The van der Waals surface area contributed by atoms with E-state index < -0.39 is 5.54 Å². The molecule has 1 unspecified atom stereocenters. The molecule has 3 nitrogen and oxygen atoms in total. The van der Waals surface area contributed by atoms with Gasteiger partial charge in [0.05, 0.1) is 12.7 Å². The molecule has 1 fully saturated rings. The summed E-state index contributed by atoms with van der Waals surface area (Å²) in [6.07, 6.45) is 5.27. The molecule has 0 aromatic rings. The molecule has 0 heterocycles. The lowest BCUT2D eigenvalue weighted by Crippen LogP contribution is -2.48.